The van der Waals surface area contributed by atoms with E-state index in [9.17, 15) is 5.26 Å². The summed E-state index contributed by atoms with van der Waals surface area (Å²) in [6, 6.07) is 63.5. The first-order valence-electron chi connectivity index (χ1n) is 18.3. The van der Waals surface area contributed by atoms with E-state index in [1.807, 2.05) is 42.5 Å². The molecule has 8 aromatic carbocycles. The first-order chi connectivity index (χ1) is 27.2. The number of nitrogens with zero attached hydrogens (tertiary/aromatic N) is 5. The summed E-state index contributed by atoms with van der Waals surface area (Å²) in [6.07, 6.45) is 0. The Hall–Kier alpha value is -7.86. The molecule has 0 N–H and O–H groups in total. The van der Waals surface area contributed by atoms with Crippen LogP contribution < -0.4 is 0 Å². The van der Waals surface area contributed by atoms with Crippen molar-refractivity contribution in [3.8, 4) is 34.3 Å². The maximum Gasteiger partial charge on any atom is 0.212 e. The number of fused-ring (bicyclic) bond motifs is 9. The maximum atomic E-state index is 10.8. The quantitative estimate of drug-likeness (QED) is 0.169. The summed E-state index contributed by atoms with van der Waals surface area (Å²) in [6.45, 7) is 8.38. The summed E-state index contributed by atoms with van der Waals surface area (Å²) < 4.78 is 6.61. The zero-order valence-electron chi connectivity index (χ0n) is 29.5. The SMILES string of the molecule is [C-]#[N+]c1cc(-n2c3ccccc3c3cc(-c4ccc5c6ccccc6n(-c6ccccc6)c5c4)ccc32)c(C#N)cc1-n1c2ccccc2c2ccccc21. The van der Waals surface area contributed by atoms with Gasteiger partial charge in [0.15, 0.2) is 0 Å². The van der Waals surface area contributed by atoms with Gasteiger partial charge in [-0.2, -0.15) is 5.26 Å². The first-order valence-corrected chi connectivity index (χ1v) is 18.3. The standard InChI is InChI=1S/C50H29N5/c1-52-42-30-48(34(31-51)29-50(42)55-44-20-10-6-15-36(44)37-16-7-11-21-45(37)55)54-46-22-12-8-18-39(46)41-27-32(24-26-47(41)54)33-23-25-40-38-17-5-9-19-43(38)53(49(40)28-33)35-13-3-2-4-14-35/h2-30H. The Morgan fingerprint density at radius 3 is 1.47 bits per heavy atom. The van der Waals surface area contributed by atoms with Crippen molar-refractivity contribution in [1.29, 1.82) is 5.26 Å². The van der Waals surface area contributed by atoms with Crippen molar-refractivity contribution in [1.82, 2.24) is 13.7 Å². The molecule has 0 fully saturated rings. The van der Waals surface area contributed by atoms with Crippen LogP contribution in [0.25, 0.3) is 98.5 Å². The number of rotatable bonds is 4. The summed E-state index contributed by atoms with van der Waals surface area (Å²) in [4.78, 5) is 4.07. The van der Waals surface area contributed by atoms with Gasteiger partial charge in [-0.25, -0.2) is 4.85 Å². The highest BCUT2D eigenvalue weighted by Crippen LogP contribution is 2.42. The topological polar surface area (TPSA) is 42.9 Å². The monoisotopic (exact) mass is 699 g/mol. The number of nitriles is 1. The molecule has 0 saturated carbocycles. The van der Waals surface area contributed by atoms with E-state index in [2.05, 4.69) is 158 Å². The Kier molecular flexibility index (Phi) is 6.61. The average Bonchev–Trinajstić information content (AvgIpc) is 3.88. The molecule has 0 unspecified atom stereocenters. The van der Waals surface area contributed by atoms with Crippen LogP contribution in [0.5, 0.6) is 0 Å². The molecule has 0 spiro atoms. The largest absolute Gasteiger partial charge is 0.319 e. The molecule has 0 aliphatic heterocycles. The van der Waals surface area contributed by atoms with Gasteiger partial charge >= 0.3 is 0 Å². The molecule has 3 aromatic heterocycles. The molecule has 0 amide bonds. The van der Waals surface area contributed by atoms with Gasteiger partial charge in [-0.15, -0.1) is 0 Å². The molecular weight excluding hydrogens is 671 g/mol. The van der Waals surface area contributed by atoms with Crippen molar-refractivity contribution in [2.75, 3.05) is 0 Å². The highest BCUT2D eigenvalue weighted by atomic mass is 15.0. The Labute approximate surface area is 316 Å². The average molecular weight is 700 g/mol. The van der Waals surface area contributed by atoms with Gasteiger partial charge in [-0.1, -0.05) is 109 Å². The van der Waals surface area contributed by atoms with Crippen LogP contribution in [0.15, 0.2) is 176 Å². The fraction of sp³-hybridized carbons (Fsp3) is 0. The molecule has 254 valence electrons. The molecular formula is C50H29N5. The molecule has 55 heavy (non-hydrogen) atoms. The highest BCUT2D eigenvalue weighted by Gasteiger charge is 2.21. The second kappa shape index (κ2) is 11.8. The van der Waals surface area contributed by atoms with Crippen molar-refractivity contribution in [2.24, 2.45) is 0 Å². The van der Waals surface area contributed by atoms with Gasteiger partial charge in [0.1, 0.15) is 6.07 Å². The number of para-hydroxylation sites is 5. The lowest BCUT2D eigenvalue weighted by atomic mass is 10.0. The molecule has 3 heterocycles. The fourth-order valence-corrected chi connectivity index (χ4v) is 8.71. The second-order valence-electron chi connectivity index (χ2n) is 14.0. The molecule has 11 rings (SSSR count). The molecule has 5 heteroatoms. The third-order valence-electron chi connectivity index (χ3n) is 11.1. The van der Waals surface area contributed by atoms with E-state index in [0.717, 1.165) is 65.9 Å². The van der Waals surface area contributed by atoms with Gasteiger partial charge in [-0.05, 0) is 77.9 Å². The third-order valence-corrected chi connectivity index (χ3v) is 11.1. The molecule has 0 radical (unpaired) electrons. The number of hydrogen-bond donors (Lipinski definition) is 0. The van der Waals surface area contributed by atoms with Gasteiger partial charge in [0, 0.05) is 38.0 Å². The van der Waals surface area contributed by atoms with Gasteiger partial charge in [-0.3, -0.25) is 0 Å². The Balaban J connectivity index is 1.12. The zero-order valence-corrected chi connectivity index (χ0v) is 29.5. The molecule has 0 saturated heterocycles. The zero-order chi connectivity index (χ0) is 36.6. The Bertz CT molecular complexity index is 3400. The van der Waals surface area contributed by atoms with Gasteiger partial charge in [0.25, 0.3) is 0 Å². The van der Waals surface area contributed by atoms with E-state index in [0.29, 0.717) is 22.6 Å². The molecule has 0 aliphatic rings. The molecule has 0 aliphatic carbocycles. The summed E-state index contributed by atoms with van der Waals surface area (Å²) in [5.74, 6) is 0. The Morgan fingerprint density at radius 1 is 0.400 bits per heavy atom. The van der Waals surface area contributed by atoms with Crippen LogP contribution in [-0.4, -0.2) is 13.7 Å². The van der Waals surface area contributed by atoms with Crippen molar-refractivity contribution in [2.45, 2.75) is 0 Å². The van der Waals surface area contributed by atoms with Crippen molar-refractivity contribution in [3.05, 3.63) is 193 Å². The van der Waals surface area contributed by atoms with Crippen LogP contribution >= 0.6 is 0 Å². The van der Waals surface area contributed by atoms with Crippen LogP contribution in [0, 0.1) is 17.9 Å². The van der Waals surface area contributed by atoms with Gasteiger partial charge < -0.3 is 13.7 Å². The van der Waals surface area contributed by atoms with Gasteiger partial charge in [0.2, 0.25) is 5.69 Å². The summed E-state index contributed by atoms with van der Waals surface area (Å²) >= 11 is 0. The third kappa shape index (κ3) is 4.45. The van der Waals surface area contributed by atoms with Crippen LogP contribution in [0.3, 0.4) is 0 Å². The van der Waals surface area contributed by atoms with Crippen molar-refractivity contribution < 1.29 is 0 Å². The lowest BCUT2D eigenvalue weighted by molar-refractivity contribution is 1.14. The summed E-state index contributed by atoms with van der Waals surface area (Å²) in [5.41, 5.74) is 12.0. The normalized spacial score (nSPS) is 11.6. The summed E-state index contributed by atoms with van der Waals surface area (Å²) in [7, 11) is 0. The molecule has 0 bridgehead atoms. The van der Waals surface area contributed by atoms with Gasteiger partial charge in [0.05, 0.1) is 56.6 Å². The minimum atomic E-state index is 0.477. The predicted molar refractivity (Wildman–Crippen MR) is 226 cm³/mol. The number of hydrogen-bond acceptors (Lipinski definition) is 1. The van der Waals surface area contributed by atoms with E-state index in [1.54, 1.807) is 0 Å². The van der Waals surface area contributed by atoms with E-state index in [-0.39, 0.29) is 0 Å². The summed E-state index contributed by atoms with van der Waals surface area (Å²) in [5, 5.41) is 17.6. The van der Waals surface area contributed by atoms with Crippen molar-refractivity contribution in [3.63, 3.8) is 0 Å². The fourth-order valence-electron chi connectivity index (χ4n) is 8.71. The van der Waals surface area contributed by atoms with E-state index >= 15 is 0 Å². The second-order valence-corrected chi connectivity index (χ2v) is 14.0. The minimum absolute atomic E-state index is 0.477. The first kappa shape index (κ1) is 30.7. The number of aromatic nitrogens is 3. The molecule has 0 atom stereocenters. The predicted octanol–water partition coefficient (Wildman–Crippen LogP) is 13.1. The highest BCUT2D eigenvalue weighted by molar-refractivity contribution is 6.13. The maximum absolute atomic E-state index is 10.8. The lowest BCUT2D eigenvalue weighted by Crippen LogP contribution is -2.01. The van der Waals surface area contributed by atoms with Crippen molar-refractivity contribution >= 4 is 71.1 Å². The minimum Gasteiger partial charge on any atom is -0.319 e. The van der Waals surface area contributed by atoms with Crippen LogP contribution in [-0.2, 0) is 0 Å². The van der Waals surface area contributed by atoms with E-state index < -0.39 is 0 Å². The van der Waals surface area contributed by atoms with E-state index in [4.69, 9.17) is 6.57 Å². The van der Waals surface area contributed by atoms with E-state index in [1.165, 1.54) is 16.3 Å². The van der Waals surface area contributed by atoms with Crippen LogP contribution in [0.1, 0.15) is 5.56 Å². The van der Waals surface area contributed by atoms with Crippen LogP contribution in [0.2, 0.25) is 0 Å². The molecule has 11 aromatic rings. The smallest absolute Gasteiger partial charge is 0.212 e. The number of benzene rings is 8. The van der Waals surface area contributed by atoms with Crippen LogP contribution in [0.4, 0.5) is 5.69 Å². The lowest BCUT2D eigenvalue weighted by Gasteiger charge is -2.16. The Morgan fingerprint density at radius 2 is 0.873 bits per heavy atom. The molecule has 5 nitrogen and oxygen atoms in total.